The van der Waals surface area contributed by atoms with Gasteiger partial charge in [0.2, 0.25) is 0 Å². The third kappa shape index (κ3) is 5.94. The zero-order valence-corrected chi connectivity index (χ0v) is 19.0. The summed E-state index contributed by atoms with van der Waals surface area (Å²) in [5, 5.41) is 0.745. The first-order valence-electron chi connectivity index (χ1n) is 10.3. The first-order chi connectivity index (χ1) is 14.9. The van der Waals surface area contributed by atoms with E-state index in [0.29, 0.717) is 5.56 Å². The largest absolute Gasteiger partial charge is 0.416 e. The smallest absolute Gasteiger partial charge is 0.299 e. The van der Waals surface area contributed by atoms with Crippen LogP contribution in [0.3, 0.4) is 0 Å². The highest BCUT2D eigenvalue weighted by Crippen LogP contribution is 2.32. The van der Waals surface area contributed by atoms with Gasteiger partial charge < -0.3 is 0 Å². The van der Waals surface area contributed by atoms with Gasteiger partial charge in [0, 0.05) is 30.2 Å². The molecule has 1 heterocycles. The molecule has 0 aromatic heterocycles. The number of halogens is 5. The normalized spacial score (nSPS) is 14.6. The third-order valence-electron chi connectivity index (χ3n) is 5.69. The van der Waals surface area contributed by atoms with Crippen molar-refractivity contribution >= 4 is 29.6 Å². The van der Waals surface area contributed by atoms with Gasteiger partial charge in [-0.2, -0.15) is 13.2 Å². The van der Waals surface area contributed by atoms with E-state index < -0.39 is 11.7 Å². The van der Waals surface area contributed by atoms with Crippen LogP contribution in [0.25, 0.3) is 16.7 Å². The fraction of sp³-hybridized carbons (Fsp3) is 0.231. The maximum absolute atomic E-state index is 13.0. The topological polar surface area (TPSA) is 3.24 Å². The van der Waals surface area contributed by atoms with E-state index in [1.54, 1.807) is 6.07 Å². The van der Waals surface area contributed by atoms with Gasteiger partial charge in [-0.05, 0) is 53.3 Å². The Balaban J connectivity index is 0.00000289. The molecule has 32 heavy (non-hydrogen) atoms. The first-order valence-corrected chi connectivity index (χ1v) is 10.7. The van der Waals surface area contributed by atoms with Crippen LogP contribution in [0.1, 0.15) is 23.1 Å². The monoisotopic (exact) mass is 477 g/mol. The molecular weight excluding hydrogens is 454 g/mol. The molecule has 6 heteroatoms. The van der Waals surface area contributed by atoms with Crippen LogP contribution in [-0.4, -0.2) is 24.5 Å². The van der Waals surface area contributed by atoms with E-state index in [9.17, 15) is 13.2 Å². The molecule has 0 bridgehead atoms. The van der Waals surface area contributed by atoms with Gasteiger partial charge in [-0.25, -0.2) is 0 Å². The fourth-order valence-electron chi connectivity index (χ4n) is 3.92. The third-order valence-corrected chi connectivity index (χ3v) is 6.00. The van der Waals surface area contributed by atoms with Crippen LogP contribution in [0.15, 0.2) is 78.9 Å². The lowest BCUT2D eigenvalue weighted by Gasteiger charge is -2.26. The molecule has 3 aromatic carbocycles. The van der Waals surface area contributed by atoms with Gasteiger partial charge in [-0.1, -0.05) is 72.3 Å². The summed E-state index contributed by atoms with van der Waals surface area (Å²) in [5.74, 6) is 0. The molecule has 1 aliphatic rings. The van der Waals surface area contributed by atoms with Crippen LogP contribution >= 0.6 is 24.0 Å². The van der Waals surface area contributed by atoms with Crippen molar-refractivity contribution in [1.29, 1.82) is 0 Å². The Labute approximate surface area is 197 Å². The molecule has 0 atom stereocenters. The van der Waals surface area contributed by atoms with Crippen LogP contribution in [0, 0.1) is 0 Å². The minimum absolute atomic E-state index is 0. The van der Waals surface area contributed by atoms with Crippen LogP contribution in [0.5, 0.6) is 0 Å². The molecule has 0 amide bonds. The molecule has 3 aromatic rings. The van der Waals surface area contributed by atoms with E-state index in [2.05, 4.69) is 17.0 Å². The lowest BCUT2D eigenvalue weighted by Crippen LogP contribution is -2.30. The summed E-state index contributed by atoms with van der Waals surface area (Å²) >= 11 is 6.51. The Hall–Kier alpha value is -2.27. The number of benzene rings is 3. The second-order valence-corrected chi connectivity index (χ2v) is 8.20. The van der Waals surface area contributed by atoms with Crippen LogP contribution < -0.4 is 0 Å². The molecule has 0 radical (unpaired) electrons. The van der Waals surface area contributed by atoms with Crippen LogP contribution in [0.2, 0.25) is 5.02 Å². The quantitative estimate of drug-likeness (QED) is 0.362. The summed E-state index contributed by atoms with van der Waals surface area (Å²) in [7, 11) is 0. The minimum atomic E-state index is -4.31. The number of alkyl halides is 3. The molecule has 0 fully saturated rings. The molecule has 0 unspecified atom stereocenters. The van der Waals surface area contributed by atoms with Crippen molar-refractivity contribution in [1.82, 2.24) is 4.90 Å². The van der Waals surface area contributed by atoms with Crippen molar-refractivity contribution in [3.63, 3.8) is 0 Å². The van der Waals surface area contributed by atoms with E-state index in [-0.39, 0.29) is 12.4 Å². The van der Waals surface area contributed by atoms with E-state index in [1.165, 1.54) is 17.7 Å². The Morgan fingerprint density at radius 1 is 0.875 bits per heavy atom. The average Bonchev–Trinajstić information content (AvgIpc) is 2.78. The van der Waals surface area contributed by atoms with Gasteiger partial charge in [-0.3, -0.25) is 4.90 Å². The number of hydrogen-bond donors (Lipinski definition) is 0. The molecule has 4 rings (SSSR count). The molecule has 168 valence electrons. The van der Waals surface area contributed by atoms with Gasteiger partial charge in [0.1, 0.15) is 0 Å². The van der Waals surface area contributed by atoms with Crippen molar-refractivity contribution in [3.8, 4) is 11.1 Å². The second-order valence-electron chi connectivity index (χ2n) is 7.79. The number of nitrogens with zero attached hydrogens (tertiary/aromatic N) is 1. The molecule has 0 saturated heterocycles. The van der Waals surface area contributed by atoms with E-state index in [0.717, 1.165) is 60.3 Å². The summed E-state index contributed by atoms with van der Waals surface area (Å²) in [6, 6.07) is 21.9. The summed E-state index contributed by atoms with van der Waals surface area (Å²) in [6.45, 7) is 2.45. The summed E-state index contributed by atoms with van der Waals surface area (Å²) in [6.07, 6.45) is -0.643. The van der Waals surface area contributed by atoms with Gasteiger partial charge in [0.25, 0.3) is 0 Å². The molecule has 0 N–H and O–H groups in total. The average molecular weight is 478 g/mol. The Kier molecular flexibility index (Phi) is 8.05. The van der Waals surface area contributed by atoms with Gasteiger partial charge in [-0.15, -0.1) is 12.4 Å². The predicted octanol–water partition coefficient (Wildman–Crippen LogP) is 7.78. The highest BCUT2D eigenvalue weighted by molar-refractivity contribution is 6.33. The van der Waals surface area contributed by atoms with Gasteiger partial charge in [0.15, 0.2) is 0 Å². The predicted molar refractivity (Wildman–Crippen MR) is 128 cm³/mol. The van der Waals surface area contributed by atoms with E-state index >= 15 is 0 Å². The minimum Gasteiger partial charge on any atom is -0.299 e. The summed E-state index contributed by atoms with van der Waals surface area (Å²) in [4.78, 5) is 2.32. The lowest BCUT2D eigenvalue weighted by atomic mass is 9.97. The molecule has 1 nitrogen and oxygen atoms in total. The molecule has 0 spiro atoms. The van der Waals surface area contributed by atoms with Crippen molar-refractivity contribution in [2.75, 3.05) is 19.6 Å². The van der Waals surface area contributed by atoms with Crippen LogP contribution in [-0.2, 0) is 12.6 Å². The Morgan fingerprint density at radius 3 is 2.28 bits per heavy atom. The fourth-order valence-corrected chi connectivity index (χ4v) is 4.24. The molecule has 0 saturated carbocycles. The Morgan fingerprint density at radius 2 is 1.62 bits per heavy atom. The van der Waals surface area contributed by atoms with Gasteiger partial charge >= 0.3 is 6.18 Å². The van der Waals surface area contributed by atoms with E-state index in [4.69, 9.17) is 11.6 Å². The van der Waals surface area contributed by atoms with Crippen LogP contribution in [0.4, 0.5) is 13.2 Å². The first kappa shape index (κ1) is 24.4. The number of hydrogen-bond acceptors (Lipinski definition) is 1. The summed E-state index contributed by atoms with van der Waals surface area (Å²) in [5.41, 5.74) is 4.36. The highest BCUT2D eigenvalue weighted by Gasteiger charge is 2.30. The van der Waals surface area contributed by atoms with E-state index in [1.807, 2.05) is 42.5 Å². The molecule has 1 aliphatic heterocycles. The zero-order chi connectivity index (χ0) is 21.8. The number of rotatable bonds is 5. The molecule has 0 aliphatic carbocycles. The Bertz CT molecular complexity index is 1080. The second kappa shape index (κ2) is 10.6. The zero-order valence-electron chi connectivity index (χ0n) is 17.4. The van der Waals surface area contributed by atoms with Crippen molar-refractivity contribution in [3.05, 3.63) is 101 Å². The lowest BCUT2D eigenvalue weighted by molar-refractivity contribution is -0.137. The van der Waals surface area contributed by atoms with Crippen molar-refractivity contribution in [2.45, 2.75) is 19.0 Å². The highest BCUT2D eigenvalue weighted by atomic mass is 35.5. The van der Waals surface area contributed by atoms with Crippen molar-refractivity contribution < 1.29 is 13.2 Å². The maximum atomic E-state index is 13.0. The van der Waals surface area contributed by atoms with Gasteiger partial charge in [0.05, 0.1) is 5.56 Å². The maximum Gasteiger partial charge on any atom is 0.416 e. The summed E-state index contributed by atoms with van der Waals surface area (Å²) < 4.78 is 38.9. The molecular formula is C26H24Cl2F3N. The van der Waals surface area contributed by atoms with Crippen molar-refractivity contribution in [2.24, 2.45) is 0 Å². The standard InChI is InChI=1S/C26H23ClF3N.ClH/c27-25-17-19(9-10-24(25)21-5-2-1-3-6-21)11-14-31-15-12-20(13-16-31)22-7-4-8-23(18-22)26(28,29)30;/h1-10,12,17-18H,11,13-16H2;1H. The SMILES string of the molecule is Cl.FC(F)(F)c1cccc(C2=CCN(CCc3ccc(-c4ccccc4)c(Cl)c3)CC2)c1.